The fourth-order valence-electron chi connectivity index (χ4n) is 1.52. The molecule has 17 heavy (non-hydrogen) atoms. The predicted molar refractivity (Wildman–Crippen MR) is 69.9 cm³/mol. The van der Waals surface area contributed by atoms with Gasteiger partial charge in [0.25, 0.3) is 0 Å². The summed E-state index contributed by atoms with van der Waals surface area (Å²) < 4.78 is 5.48. The Labute approximate surface area is 104 Å². The van der Waals surface area contributed by atoms with Crippen LogP contribution in [0.5, 0.6) is 0 Å². The van der Waals surface area contributed by atoms with E-state index in [0.717, 1.165) is 19.4 Å². The molecule has 3 N–H and O–H groups in total. The number of nitrogens with two attached hydrogens (primary N) is 1. The van der Waals surface area contributed by atoms with Crippen LogP contribution in [0.2, 0.25) is 0 Å². The summed E-state index contributed by atoms with van der Waals surface area (Å²) in [5, 5.41) is 9.65. The summed E-state index contributed by atoms with van der Waals surface area (Å²) in [6, 6.07) is 10.4. The first-order chi connectivity index (χ1) is 8.14. The molecular formula is C14H23NO2. The van der Waals surface area contributed by atoms with Gasteiger partial charge in [-0.05, 0) is 25.3 Å². The summed E-state index contributed by atoms with van der Waals surface area (Å²) in [5.41, 5.74) is 5.96. The number of aliphatic hydroxyl groups is 1. The first-order valence-electron chi connectivity index (χ1n) is 6.18. The Morgan fingerprint density at radius 2 is 1.94 bits per heavy atom. The van der Waals surface area contributed by atoms with Crippen LogP contribution in [0, 0.1) is 0 Å². The largest absolute Gasteiger partial charge is 0.389 e. The average molecular weight is 237 g/mol. The van der Waals surface area contributed by atoms with Gasteiger partial charge in [-0.1, -0.05) is 30.3 Å². The van der Waals surface area contributed by atoms with Crippen molar-refractivity contribution in [1.82, 2.24) is 0 Å². The number of rotatable bonds is 8. The molecule has 1 unspecified atom stereocenters. The van der Waals surface area contributed by atoms with Crippen molar-refractivity contribution in [3.63, 3.8) is 0 Å². The van der Waals surface area contributed by atoms with E-state index >= 15 is 0 Å². The number of ether oxygens (including phenoxy) is 1. The van der Waals surface area contributed by atoms with Crippen LogP contribution in [0.25, 0.3) is 0 Å². The van der Waals surface area contributed by atoms with Crippen LogP contribution >= 0.6 is 0 Å². The Balaban J connectivity index is 2.02. The fourth-order valence-corrected chi connectivity index (χ4v) is 1.52. The smallest absolute Gasteiger partial charge is 0.0763 e. The van der Waals surface area contributed by atoms with Gasteiger partial charge >= 0.3 is 0 Å². The molecule has 3 nitrogen and oxygen atoms in total. The standard InChI is InChI=1S/C14H23NO2/c1-14(16,12-15)9-11-17-10-5-8-13-6-3-2-4-7-13/h2-4,6-7,16H,5,8-12,15H2,1H3. The van der Waals surface area contributed by atoms with Crippen molar-refractivity contribution in [3.05, 3.63) is 35.9 Å². The van der Waals surface area contributed by atoms with E-state index in [1.165, 1.54) is 5.56 Å². The topological polar surface area (TPSA) is 55.5 Å². The lowest BCUT2D eigenvalue weighted by atomic mass is 10.0. The number of aryl methyl sites for hydroxylation is 1. The normalized spacial score (nSPS) is 14.5. The van der Waals surface area contributed by atoms with Crippen LogP contribution in [-0.2, 0) is 11.2 Å². The average Bonchev–Trinajstić information content (AvgIpc) is 2.35. The zero-order valence-electron chi connectivity index (χ0n) is 10.6. The molecule has 0 amide bonds. The van der Waals surface area contributed by atoms with Gasteiger partial charge in [0.05, 0.1) is 5.60 Å². The molecule has 3 heteroatoms. The van der Waals surface area contributed by atoms with Gasteiger partial charge < -0.3 is 15.6 Å². The quantitative estimate of drug-likeness (QED) is 0.677. The molecule has 0 heterocycles. The van der Waals surface area contributed by atoms with Gasteiger partial charge in [0, 0.05) is 26.2 Å². The second-order valence-electron chi connectivity index (χ2n) is 4.65. The molecule has 0 saturated heterocycles. The maximum atomic E-state index is 9.65. The summed E-state index contributed by atoms with van der Waals surface area (Å²) in [6.07, 6.45) is 2.64. The van der Waals surface area contributed by atoms with Gasteiger partial charge in [-0.25, -0.2) is 0 Å². The Morgan fingerprint density at radius 3 is 2.59 bits per heavy atom. The Hall–Kier alpha value is -0.900. The third-order valence-electron chi connectivity index (χ3n) is 2.82. The predicted octanol–water partition coefficient (Wildman–Crippen LogP) is 1.74. The van der Waals surface area contributed by atoms with E-state index in [9.17, 15) is 5.11 Å². The zero-order chi connectivity index (χ0) is 12.6. The van der Waals surface area contributed by atoms with Crippen LogP contribution in [0.4, 0.5) is 0 Å². The minimum Gasteiger partial charge on any atom is -0.389 e. The molecule has 1 rings (SSSR count). The van der Waals surface area contributed by atoms with Crippen LogP contribution in [0.3, 0.4) is 0 Å². The molecule has 0 saturated carbocycles. The Kier molecular flexibility index (Phi) is 6.19. The third-order valence-corrected chi connectivity index (χ3v) is 2.82. The number of hydrogen-bond donors (Lipinski definition) is 2. The summed E-state index contributed by atoms with van der Waals surface area (Å²) in [4.78, 5) is 0. The molecule has 0 aromatic heterocycles. The van der Waals surface area contributed by atoms with E-state index in [2.05, 4.69) is 24.3 Å². The monoisotopic (exact) mass is 237 g/mol. The lowest BCUT2D eigenvalue weighted by Gasteiger charge is -2.20. The molecule has 0 radical (unpaired) electrons. The van der Waals surface area contributed by atoms with E-state index in [4.69, 9.17) is 10.5 Å². The number of benzene rings is 1. The second kappa shape index (κ2) is 7.43. The molecule has 0 aliphatic heterocycles. The van der Waals surface area contributed by atoms with E-state index in [0.29, 0.717) is 13.0 Å². The van der Waals surface area contributed by atoms with Crippen LogP contribution in [-0.4, -0.2) is 30.5 Å². The molecule has 96 valence electrons. The highest BCUT2D eigenvalue weighted by Gasteiger charge is 2.16. The van der Waals surface area contributed by atoms with Crippen LogP contribution < -0.4 is 5.73 Å². The van der Waals surface area contributed by atoms with Crippen LogP contribution in [0.15, 0.2) is 30.3 Å². The van der Waals surface area contributed by atoms with Crippen molar-refractivity contribution in [2.24, 2.45) is 5.73 Å². The first kappa shape index (κ1) is 14.2. The van der Waals surface area contributed by atoms with Gasteiger partial charge in [-0.3, -0.25) is 0 Å². The van der Waals surface area contributed by atoms with E-state index in [1.54, 1.807) is 6.92 Å². The maximum absolute atomic E-state index is 9.65. The highest BCUT2D eigenvalue weighted by atomic mass is 16.5. The lowest BCUT2D eigenvalue weighted by molar-refractivity contribution is 0.0205. The van der Waals surface area contributed by atoms with Crippen molar-refractivity contribution in [1.29, 1.82) is 0 Å². The summed E-state index contributed by atoms with van der Waals surface area (Å²) in [5.74, 6) is 0. The van der Waals surface area contributed by atoms with Crippen molar-refractivity contribution in [2.45, 2.75) is 31.8 Å². The molecule has 1 aromatic carbocycles. The van der Waals surface area contributed by atoms with Crippen molar-refractivity contribution >= 4 is 0 Å². The highest BCUT2D eigenvalue weighted by Crippen LogP contribution is 2.07. The maximum Gasteiger partial charge on any atom is 0.0763 e. The molecule has 0 aliphatic rings. The minimum absolute atomic E-state index is 0.278. The fraction of sp³-hybridized carbons (Fsp3) is 0.571. The molecule has 0 fully saturated rings. The van der Waals surface area contributed by atoms with Crippen LogP contribution in [0.1, 0.15) is 25.3 Å². The van der Waals surface area contributed by atoms with Gasteiger partial charge in [0.15, 0.2) is 0 Å². The molecular weight excluding hydrogens is 214 g/mol. The van der Waals surface area contributed by atoms with Gasteiger partial charge in [0.2, 0.25) is 0 Å². The highest BCUT2D eigenvalue weighted by molar-refractivity contribution is 5.14. The second-order valence-corrected chi connectivity index (χ2v) is 4.65. The Bertz CT molecular complexity index is 298. The number of hydrogen-bond acceptors (Lipinski definition) is 3. The molecule has 1 atom stereocenters. The van der Waals surface area contributed by atoms with Gasteiger partial charge in [-0.15, -0.1) is 0 Å². The van der Waals surface area contributed by atoms with E-state index in [-0.39, 0.29) is 6.54 Å². The molecule has 0 bridgehead atoms. The van der Waals surface area contributed by atoms with Crippen molar-refractivity contribution in [2.75, 3.05) is 19.8 Å². The SMILES string of the molecule is CC(O)(CN)CCOCCCc1ccccc1. The first-order valence-corrected chi connectivity index (χ1v) is 6.18. The molecule has 0 aliphatic carbocycles. The van der Waals surface area contributed by atoms with Crippen molar-refractivity contribution < 1.29 is 9.84 Å². The zero-order valence-corrected chi connectivity index (χ0v) is 10.6. The van der Waals surface area contributed by atoms with E-state index < -0.39 is 5.60 Å². The van der Waals surface area contributed by atoms with E-state index in [1.807, 2.05) is 6.07 Å². The lowest BCUT2D eigenvalue weighted by Crippen LogP contribution is -2.35. The Morgan fingerprint density at radius 1 is 1.24 bits per heavy atom. The minimum atomic E-state index is -0.792. The van der Waals surface area contributed by atoms with Gasteiger partial charge in [-0.2, -0.15) is 0 Å². The molecule has 1 aromatic rings. The summed E-state index contributed by atoms with van der Waals surface area (Å²) >= 11 is 0. The molecule has 0 spiro atoms. The summed E-state index contributed by atoms with van der Waals surface area (Å²) in [6.45, 7) is 3.31. The van der Waals surface area contributed by atoms with Crippen molar-refractivity contribution in [3.8, 4) is 0 Å². The van der Waals surface area contributed by atoms with Gasteiger partial charge in [0.1, 0.15) is 0 Å². The summed E-state index contributed by atoms with van der Waals surface area (Å²) in [7, 11) is 0. The third kappa shape index (κ3) is 6.41.